The maximum atomic E-state index is 11.0. The zero-order valence-electron chi connectivity index (χ0n) is 11.4. The minimum Gasteiger partial charge on any atom is -0.496 e. The molecule has 2 rings (SSSR count). The molecule has 0 saturated heterocycles. The van der Waals surface area contributed by atoms with Gasteiger partial charge in [0.25, 0.3) is 0 Å². The lowest BCUT2D eigenvalue weighted by Gasteiger charge is -2.13. The molecule has 0 radical (unpaired) electrons. The van der Waals surface area contributed by atoms with E-state index < -0.39 is 5.97 Å². The Morgan fingerprint density at radius 3 is 2.47 bits per heavy atom. The van der Waals surface area contributed by atoms with Gasteiger partial charge in [-0.25, -0.2) is 9.48 Å². The Balaban J connectivity index is 2.60. The van der Waals surface area contributed by atoms with Crippen LogP contribution in [0.15, 0.2) is 18.3 Å². The van der Waals surface area contributed by atoms with E-state index in [-0.39, 0.29) is 5.56 Å². The number of carbonyl (C=O) groups is 1. The molecule has 0 aliphatic heterocycles. The number of aromatic carboxylic acids is 1. The first kappa shape index (κ1) is 13.1. The van der Waals surface area contributed by atoms with Crippen molar-refractivity contribution < 1.29 is 14.6 Å². The average Bonchev–Trinajstić information content (AvgIpc) is 2.75. The molecule has 5 nitrogen and oxygen atoms in total. The number of aromatic nitrogens is 2. The van der Waals surface area contributed by atoms with Crippen molar-refractivity contribution in [1.82, 2.24) is 9.78 Å². The summed E-state index contributed by atoms with van der Waals surface area (Å²) in [6.45, 7) is 5.68. The van der Waals surface area contributed by atoms with E-state index in [1.165, 1.54) is 6.20 Å². The predicted octanol–water partition coefficient (Wildman–Crippen LogP) is 2.50. The molecule has 0 unspecified atom stereocenters. The largest absolute Gasteiger partial charge is 0.496 e. The Morgan fingerprint density at radius 2 is 1.95 bits per heavy atom. The molecule has 1 aromatic heterocycles. The summed E-state index contributed by atoms with van der Waals surface area (Å²) in [5.41, 5.74) is 3.73. The third kappa shape index (κ3) is 2.07. The lowest BCUT2D eigenvalue weighted by molar-refractivity contribution is 0.0696. The first-order valence-electron chi connectivity index (χ1n) is 5.89. The zero-order chi connectivity index (χ0) is 14.2. The second-order valence-electron chi connectivity index (χ2n) is 4.40. The minimum absolute atomic E-state index is 0.216. The molecule has 1 N–H and O–H groups in total. The molecule has 0 saturated carbocycles. The first-order chi connectivity index (χ1) is 8.97. The number of hydrogen-bond donors (Lipinski definition) is 1. The van der Waals surface area contributed by atoms with Crippen LogP contribution in [-0.4, -0.2) is 28.0 Å². The van der Waals surface area contributed by atoms with Gasteiger partial charge in [-0.15, -0.1) is 0 Å². The first-order valence-corrected chi connectivity index (χ1v) is 5.89. The molecule has 5 heteroatoms. The van der Waals surface area contributed by atoms with Crippen LogP contribution >= 0.6 is 0 Å². The van der Waals surface area contributed by atoms with Crippen molar-refractivity contribution in [2.24, 2.45) is 0 Å². The smallest absolute Gasteiger partial charge is 0.339 e. The monoisotopic (exact) mass is 260 g/mol. The number of carboxylic acids is 1. The van der Waals surface area contributed by atoms with Crippen LogP contribution in [0.25, 0.3) is 5.69 Å². The molecule has 0 fully saturated rings. The number of nitrogens with zero attached hydrogens (tertiary/aromatic N) is 2. The van der Waals surface area contributed by atoms with Crippen LogP contribution in [0.2, 0.25) is 0 Å². The van der Waals surface area contributed by atoms with E-state index in [9.17, 15) is 4.79 Å². The molecule has 0 amide bonds. The highest BCUT2D eigenvalue weighted by atomic mass is 16.5. The van der Waals surface area contributed by atoms with Gasteiger partial charge < -0.3 is 9.84 Å². The van der Waals surface area contributed by atoms with Gasteiger partial charge in [0, 0.05) is 0 Å². The van der Waals surface area contributed by atoms with E-state index in [1.807, 2.05) is 26.0 Å². The fourth-order valence-electron chi connectivity index (χ4n) is 2.09. The molecule has 0 atom stereocenters. The Bertz CT molecular complexity index is 644. The molecule has 1 aromatic carbocycles. The van der Waals surface area contributed by atoms with Gasteiger partial charge in [0.05, 0.1) is 24.7 Å². The summed E-state index contributed by atoms with van der Waals surface area (Å²) in [6, 6.07) is 3.74. The molecular weight excluding hydrogens is 244 g/mol. The van der Waals surface area contributed by atoms with Gasteiger partial charge in [-0.2, -0.15) is 5.10 Å². The summed E-state index contributed by atoms with van der Waals surface area (Å²) in [5, 5.41) is 13.2. The van der Waals surface area contributed by atoms with E-state index in [4.69, 9.17) is 9.84 Å². The number of hydrogen-bond acceptors (Lipinski definition) is 3. The molecule has 0 aliphatic rings. The van der Waals surface area contributed by atoms with Crippen molar-refractivity contribution in [1.29, 1.82) is 0 Å². The number of methoxy groups -OCH3 is 1. The number of rotatable bonds is 3. The van der Waals surface area contributed by atoms with Crippen molar-refractivity contribution >= 4 is 5.97 Å². The summed E-state index contributed by atoms with van der Waals surface area (Å²) >= 11 is 0. The maximum absolute atomic E-state index is 11.0. The van der Waals surface area contributed by atoms with Crippen LogP contribution in [0.5, 0.6) is 5.75 Å². The van der Waals surface area contributed by atoms with E-state index in [0.717, 1.165) is 22.6 Å². The van der Waals surface area contributed by atoms with Crippen LogP contribution in [0, 0.1) is 20.8 Å². The lowest BCUT2D eigenvalue weighted by atomic mass is 10.1. The molecule has 0 bridgehead atoms. The summed E-state index contributed by atoms with van der Waals surface area (Å²) in [4.78, 5) is 11.0. The highest BCUT2D eigenvalue weighted by Gasteiger charge is 2.16. The van der Waals surface area contributed by atoms with Gasteiger partial charge in [-0.05, 0) is 44.0 Å². The molecule has 19 heavy (non-hydrogen) atoms. The van der Waals surface area contributed by atoms with E-state index in [0.29, 0.717) is 5.69 Å². The topological polar surface area (TPSA) is 64.4 Å². The van der Waals surface area contributed by atoms with Gasteiger partial charge in [-0.3, -0.25) is 0 Å². The van der Waals surface area contributed by atoms with Crippen LogP contribution in [-0.2, 0) is 0 Å². The number of carboxylic acid groups (broad SMARTS) is 1. The Morgan fingerprint density at radius 1 is 1.26 bits per heavy atom. The molecule has 0 aliphatic carbocycles. The quantitative estimate of drug-likeness (QED) is 0.920. The Labute approximate surface area is 111 Å². The van der Waals surface area contributed by atoms with Crippen molar-refractivity contribution in [3.63, 3.8) is 0 Å². The third-order valence-corrected chi connectivity index (χ3v) is 3.40. The lowest BCUT2D eigenvalue weighted by Crippen LogP contribution is -2.05. The van der Waals surface area contributed by atoms with Gasteiger partial charge in [0.2, 0.25) is 0 Å². The van der Waals surface area contributed by atoms with E-state index in [2.05, 4.69) is 5.10 Å². The average molecular weight is 260 g/mol. The van der Waals surface area contributed by atoms with Crippen LogP contribution in [0.1, 0.15) is 27.2 Å². The van der Waals surface area contributed by atoms with Crippen molar-refractivity contribution in [3.8, 4) is 11.4 Å². The fraction of sp³-hybridized carbons (Fsp3) is 0.286. The molecule has 100 valence electrons. The van der Waals surface area contributed by atoms with E-state index in [1.54, 1.807) is 18.7 Å². The Kier molecular flexibility index (Phi) is 3.29. The highest BCUT2D eigenvalue weighted by molar-refractivity contribution is 5.88. The zero-order valence-corrected chi connectivity index (χ0v) is 11.4. The normalized spacial score (nSPS) is 10.5. The second-order valence-corrected chi connectivity index (χ2v) is 4.40. The fourth-order valence-corrected chi connectivity index (χ4v) is 2.09. The number of benzene rings is 1. The van der Waals surface area contributed by atoms with Crippen molar-refractivity contribution in [2.75, 3.05) is 7.11 Å². The minimum atomic E-state index is -0.966. The summed E-state index contributed by atoms with van der Waals surface area (Å²) in [7, 11) is 1.63. The predicted molar refractivity (Wildman–Crippen MR) is 71.3 cm³/mol. The van der Waals surface area contributed by atoms with Crippen LogP contribution < -0.4 is 4.74 Å². The maximum Gasteiger partial charge on any atom is 0.339 e. The van der Waals surface area contributed by atoms with Gasteiger partial charge in [0.1, 0.15) is 11.3 Å². The van der Waals surface area contributed by atoms with Crippen molar-refractivity contribution in [3.05, 3.63) is 40.7 Å². The molecule has 0 spiro atoms. The SMILES string of the molecule is COc1ccc(-n2ncc(C(=O)O)c2C)c(C)c1C. The van der Waals surface area contributed by atoms with Gasteiger partial charge >= 0.3 is 5.97 Å². The summed E-state index contributed by atoms with van der Waals surface area (Å²) in [6.07, 6.45) is 1.37. The Hall–Kier alpha value is -2.30. The summed E-state index contributed by atoms with van der Waals surface area (Å²) < 4.78 is 6.91. The standard InChI is InChI=1S/C14H16N2O3/c1-8-9(2)13(19-4)6-5-12(8)16-10(3)11(7-15-16)14(17)18/h5-7H,1-4H3,(H,17,18). The van der Waals surface area contributed by atoms with Gasteiger partial charge in [-0.1, -0.05) is 0 Å². The third-order valence-electron chi connectivity index (χ3n) is 3.40. The summed E-state index contributed by atoms with van der Waals surface area (Å²) in [5.74, 6) is -0.156. The van der Waals surface area contributed by atoms with Crippen LogP contribution in [0.3, 0.4) is 0 Å². The van der Waals surface area contributed by atoms with Crippen LogP contribution in [0.4, 0.5) is 0 Å². The molecular formula is C14H16N2O3. The van der Waals surface area contributed by atoms with Gasteiger partial charge in [0.15, 0.2) is 0 Å². The molecule has 1 heterocycles. The number of ether oxygens (including phenoxy) is 1. The molecule has 2 aromatic rings. The van der Waals surface area contributed by atoms with Crippen molar-refractivity contribution in [2.45, 2.75) is 20.8 Å². The van der Waals surface area contributed by atoms with E-state index >= 15 is 0 Å². The second kappa shape index (κ2) is 4.76. The highest BCUT2D eigenvalue weighted by Crippen LogP contribution is 2.27.